The van der Waals surface area contributed by atoms with Gasteiger partial charge in [-0.2, -0.15) is 4.98 Å². The fraction of sp³-hybridized carbons (Fsp3) is 0.0625. The molecule has 0 aliphatic rings. The normalized spacial score (nSPS) is 10.5. The molecule has 1 aromatic heterocycles. The molecule has 116 valence electrons. The van der Waals surface area contributed by atoms with Crippen LogP contribution in [0, 0.1) is 11.6 Å². The van der Waals surface area contributed by atoms with Gasteiger partial charge in [0.15, 0.2) is 5.82 Å². The van der Waals surface area contributed by atoms with Gasteiger partial charge >= 0.3 is 0 Å². The van der Waals surface area contributed by atoms with Crippen molar-refractivity contribution < 1.29 is 18.1 Å². The van der Waals surface area contributed by atoms with Crippen molar-refractivity contribution >= 4 is 11.6 Å². The zero-order valence-electron chi connectivity index (χ0n) is 11.8. The SMILES string of the molecule is O=C(Cc1noc(-c2cccc(F)c2)n1)Nc1ccccc1F. The lowest BCUT2D eigenvalue weighted by atomic mass is 10.2. The fourth-order valence-electron chi connectivity index (χ4n) is 1.97. The number of aromatic nitrogens is 2. The highest BCUT2D eigenvalue weighted by atomic mass is 19.1. The van der Waals surface area contributed by atoms with Gasteiger partial charge in [-0.25, -0.2) is 8.78 Å². The molecule has 2 aromatic carbocycles. The molecule has 0 spiro atoms. The van der Waals surface area contributed by atoms with Gasteiger partial charge in [0.25, 0.3) is 5.89 Å². The van der Waals surface area contributed by atoms with Crippen LogP contribution in [0.4, 0.5) is 14.5 Å². The Balaban J connectivity index is 1.69. The van der Waals surface area contributed by atoms with Gasteiger partial charge < -0.3 is 9.84 Å². The first kappa shape index (κ1) is 14.8. The summed E-state index contributed by atoms with van der Waals surface area (Å²) in [5, 5.41) is 6.08. The molecule has 0 atom stereocenters. The van der Waals surface area contributed by atoms with Crippen LogP contribution in [-0.2, 0) is 11.2 Å². The minimum atomic E-state index is -0.533. The van der Waals surface area contributed by atoms with E-state index in [1.54, 1.807) is 12.1 Å². The standard InChI is InChI=1S/C16H11F2N3O2/c17-11-5-3-4-10(8-11)16-20-14(21-23-16)9-15(22)19-13-7-2-1-6-12(13)18/h1-8H,9H2,(H,19,22). The van der Waals surface area contributed by atoms with Crippen molar-refractivity contribution in [3.8, 4) is 11.5 Å². The largest absolute Gasteiger partial charge is 0.334 e. The summed E-state index contributed by atoms with van der Waals surface area (Å²) in [5.41, 5.74) is 0.490. The van der Waals surface area contributed by atoms with Crippen LogP contribution in [0.25, 0.3) is 11.5 Å². The van der Waals surface area contributed by atoms with Crippen LogP contribution in [0.15, 0.2) is 53.1 Å². The molecule has 1 amide bonds. The molecule has 0 aliphatic heterocycles. The van der Waals surface area contributed by atoms with Crippen LogP contribution in [0.2, 0.25) is 0 Å². The van der Waals surface area contributed by atoms with Crippen LogP contribution in [0.5, 0.6) is 0 Å². The van der Waals surface area contributed by atoms with Crippen molar-refractivity contribution in [3.63, 3.8) is 0 Å². The lowest BCUT2D eigenvalue weighted by molar-refractivity contribution is -0.115. The van der Waals surface area contributed by atoms with E-state index in [2.05, 4.69) is 15.5 Å². The first-order valence-electron chi connectivity index (χ1n) is 6.75. The number of hydrogen-bond acceptors (Lipinski definition) is 4. The summed E-state index contributed by atoms with van der Waals surface area (Å²) in [5.74, 6) is -1.22. The van der Waals surface area contributed by atoms with Crippen LogP contribution in [0.1, 0.15) is 5.82 Å². The van der Waals surface area contributed by atoms with Crippen molar-refractivity contribution in [1.29, 1.82) is 0 Å². The summed E-state index contributed by atoms with van der Waals surface area (Å²) in [6, 6.07) is 11.5. The molecule has 5 nitrogen and oxygen atoms in total. The van der Waals surface area contributed by atoms with Crippen LogP contribution < -0.4 is 5.32 Å². The fourth-order valence-corrected chi connectivity index (χ4v) is 1.97. The van der Waals surface area contributed by atoms with Gasteiger partial charge in [0.2, 0.25) is 5.91 Å². The number of halogens is 2. The van der Waals surface area contributed by atoms with E-state index in [4.69, 9.17) is 4.52 Å². The number of carbonyl (C=O) groups excluding carboxylic acids is 1. The molecule has 3 rings (SSSR count). The third-order valence-electron chi connectivity index (χ3n) is 3.01. The van der Waals surface area contributed by atoms with Gasteiger partial charge in [-0.15, -0.1) is 0 Å². The molecule has 1 N–H and O–H groups in total. The third-order valence-corrected chi connectivity index (χ3v) is 3.01. The second-order valence-electron chi connectivity index (χ2n) is 4.73. The van der Waals surface area contributed by atoms with Crippen molar-refractivity contribution in [2.45, 2.75) is 6.42 Å². The molecule has 0 saturated heterocycles. The molecular weight excluding hydrogens is 304 g/mol. The number of anilines is 1. The van der Waals surface area contributed by atoms with E-state index >= 15 is 0 Å². The second kappa shape index (κ2) is 6.35. The lowest BCUT2D eigenvalue weighted by Gasteiger charge is -2.03. The number of para-hydroxylation sites is 1. The summed E-state index contributed by atoms with van der Waals surface area (Å²) >= 11 is 0. The van der Waals surface area contributed by atoms with Gasteiger partial charge in [0, 0.05) is 5.56 Å². The van der Waals surface area contributed by atoms with E-state index in [-0.39, 0.29) is 23.8 Å². The quantitative estimate of drug-likeness (QED) is 0.803. The predicted octanol–water partition coefficient (Wildman–Crippen LogP) is 3.20. The Morgan fingerprint density at radius 3 is 2.74 bits per heavy atom. The second-order valence-corrected chi connectivity index (χ2v) is 4.73. The minimum Gasteiger partial charge on any atom is -0.334 e. The van der Waals surface area contributed by atoms with Crippen LogP contribution in [0.3, 0.4) is 0 Å². The number of benzene rings is 2. The minimum absolute atomic E-state index is 0.0753. The van der Waals surface area contributed by atoms with E-state index in [1.165, 1.54) is 36.4 Å². The topological polar surface area (TPSA) is 68.0 Å². The summed E-state index contributed by atoms with van der Waals surface area (Å²) in [7, 11) is 0. The number of hydrogen-bond donors (Lipinski definition) is 1. The Labute approximate surface area is 130 Å². The maximum Gasteiger partial charge on any atom is 0.258 e. The van der Waals surface area contributed by atoms with Crippen molar-refractivity contribution in [2.75, 3.05) is 5.32 Å². The van der Waals surface area contributed by atoms with Gasteiger partial charge in [0.05, 0.1) is 12.1 Å². The number of nitrogens with one attached hydrogen (secondary N) is 1. The number of rotatable bonds is 4. The number of amides is 1. The molecule has 23 heavy (non-hydrogen) atoms. The molecular formula is C16H11F2N3O2. The molecule has 0 bridgehead atoms. The highest BCUT2D eigenvalue weighted by Crippen LogP contribution is 2.18. The van der Waals surface area contributed by atoms with Gasteiger partial charge in [-0.3, -0.25) is 4.79 Å². The zero-order valence-corrected chi connectivity index (χ0v) is 11.8. The predicted molar refractivity (Wildman–Crippen MR) is 78.4 cm³/mol. The van der Waals surface area contributed by atoms with Gasteiger partial charge in [-0.05, 0) is 30.3 Å². The summed E-state index contributed by atoms with van der Waals surface area (Å²) in [6.45, 7) is 0. The van der Waals surface area contributed by atoms with E-state index in [9.17, 15) is 13.6 Å². The maximum atomic E-state index is 13.5. The molecule has 1 heterocycles. The van der Waals surface area contributed by atoms with E-state index in [0.717, 1.165) is 0 Å². The van der Waals surface area contributed by atoms with E-state index in [0.29, 0.717) is 5.56 Å². The molecule has 0 unspecified atom stereocenters. The number of nitrogens with zero attached hydrogens (tertiary/aromatic N) is 2. The summed E-state index contributed by atoms with van der Waals surface area (Å²) in [6.07, 6.45) is -0.187. The highest BCUT2D eigenvalue weighted by Gasteiger charge is 2.14. The molecule has 0 radical (unpaired) electrons. The smallest absolute Gasteiger partial charge is 0.258 e. The van der Waals surface area contributed by atoms with Crippen LogP contribution in [-0.4, -0.2) is 16.0 Å². The Hall–Kier alpha value is -3.09. The molecule has 0 aliphatic carbocycles. The van der Waals surface area contributed by atoms with Crippen LogP contribution >= 0.6 is 0 Å². The Kier molecular flexibility index (Phi) is 4.09. The Morgan fingerprint density at radius 1 is 1.13 bits per heavy atom. The first-order chi connectivity index (χ1) is 11.1. The van der Waals surface area contributed by atoms with Crippen molar-refractivity contribution in [1.82, 2.24) is 10.1 Å². The molecule has 7 heteroatoms. The summed E-state index contributed by atoms with van der Waals surface area (Å²) < 4.78 is 31.6. The lowest BCUT2D eigenvalue weighted by Crippen LogP contribution is -2.16. The Bertz CT molecular complexity index is 849. The zero-order chi connectivity index (χ0) is 16.2. The maximum absolute atomic E-state index is 13.5. The van der Waals surface area contributed by atoms with Gasteiger partial charge in [0.1, 0.15) is 11.6 Å². The molecule has 0 fully saturated rings. The monoisotopic (exact) mass is 315 g/mol. The molecule has 3 aromatic rings. The molecule has 0 saturated carbocycles. The first-order valence-corrected chi connectivity index (χ1v) is 6.75. The third kappa shape index (κ3) is 3.57. The Morgan fingerprint density at radius 2 is 1.96 bits per heavy atom. The summed E-state index contributed by atoms with van der Waals surface area (Å²) in [4.78, 5) is 15.9. The van der Waals surface area contributed by atoms with Crippen molar-refractivity contribution in [3.05, 3.63) is 66.0 Å². The number of carbonyl (C=O) groups is 1. The van der Waals surface area contributed by atoms with Crippen molar-refractivity contribution in [2.24, 2.45) is 0 Å². The average molecular weight is 315 g/mol. The average Bonchev–Trinajstić information content (AvgIpc) is 2.98. The van der Waals surface area contributed by atoms with E-state index < -0.39 is 17.5 Å². The van der Waals surface area contributed by atoms with Gasteiger partial charge in [-0.1, -0.05) is 23.4 Å². The van der Waals surface area contributed by atoms with E-state index in [1.807, 2.05) is 0 Å². The highest BCUT2D eigenvalue weighted by molar-refractivity contribution is 5.91.